The number of phenols is 2. The van der Waals surface area contributed by atoms with Gasteiger partial charge in [-0.1, -0.05) is 23.9 Å². The first-order valence-electron chi connectivity index (χ1n) is 25.6. The van der Waals surface area contributed by atoms with Crippen LogP contribution in [0.15, 0.2) is 84.3 Å². The molecule has 426 valence electrons. The van der Waals surface area contributed by atoms with E-state index >= 15 is 0 Å². The monoisotopic (exact) mass is 1090 g/mol. The maximum Gasteiger partial charge on any atom is 0.340 e. The minimum absolute atomic E-state index is 0.0282. The Morgan fingerprint density at radius 1 is 0.833 bits per heavy atom. The normalized spacial score (nSPS) is 18.8. The molecule has 0 aliphatic carbocycles. The number of aromatic hydroxyl groups is 2. The van der Waals surface area contributed by atoms with Crippen LogP contribution in [0, 0.1) is 5.53 Å². The Kier molecular flexibility index (Phi) is 23.6. The third-order valence-electron chi connectivity index (χ3n) is 12.6. The molecule has 25 nitrogen and oxygen atoms in total. The number of amides is 2. The Labute approximate surface area is 450 Å². The molecule has 0 radical (unpaired) electrons. The van der Waals surface area contributed by atoms with Gasteiger partial charge in [0, 0.05) is 60.4 Å². The standard InChI is InChI=1S/C53H70N6O19/c1-3-6-44(76-52-43(63)32-42(62)48(77-52)50(66)67)33(2)59(58-55)41(7-4-5-16-56-47(64)14-17-69-19-21-71-23-25-73-27-28-74-26-24-72-22-20-70-18-15-54)49(65)57-34-8-11-38-37(29-34)51(68)78-53(38)39-12-9-35(60)30-45(39)75-46-31-36(61)10-13-40(46)53/h3,6,8-13,29-31,33,41-43,48,52,55,60-63H,1,4-5,7,14-28,32,54H2,2H3,(H,56,64)(H,57,65)(H,66,67)/t33-,41?,42+,43-,48+,52-/m1/s1. The van der Waals surface area contributed by atoms with Crippen molar-refractivity contribution in [1.29, 1.82) is 5.53 Å². The predicted molar refractivity (Wildman–Crippen MR) is 275 cm³/mol. The quantitative estimate of drug-likeness (QED) is 0.0102. The molecule has 2 amide bonds. The van der Waals surface area contributed by atoms with Crippen LogP contribution >= 0.6 is 0 Å². The van der Waals surface area contributed by atoms with Crippen molar-refractivity contribution in [3.05, 3.63) is 101 Å². The molecule has 78 heavy (non-hydrogen) atoms. The highest BCUT2D eigenvalue weighted by Gasteiger charge is 2.54. The number of fused-ring (bicyclic) bond motifs is 6. The molecule has 0 saturated carbocycles. The van der Waals surface area contributed by atoms with Crippen molar-refractivity contribution in [3.63, 3.8) is 0 Å². The van der Waals surface area contributed by atoms with E-state index in [4.69, 9.17) is 58.6 Å². The number of anilines is 1. The summed E-state index contributed by atoms with van der Waals surface area (Å²) in [7, 11) is 0. The molecule has 3 aromatic rings. The highest BCUT2D eigenvalue weighted by molar-refractivity contribution is 6.00. The van der Waals surface area contributed by atoms with Gasteiger partial charge in [-0.2, -0.15) is 5.53 Å². The van der Waals surface area contributed by atoms with Crippen molar-refractivity contribution >= 4 is 29.4 Å². The Morgan fingerprint density at radius 3 is 1.95 bits per heavy atom. The van der Waals surface area contributed by atoms with Gasteiger partial charge in [0.2, 0.25) is 18.1 Å². The Morgan fingerprint density at radius 2 is 1.40 bits per heavy atom. The number of esters is 1. The first-order valence-corrected chi connectivity index (χ1v) is 25.6. The maximum absolute atomic E-state index is 14.6. The number of hydrogen-bond donors (Lipinski definition) is 9. The number of carboxylic acid groups (broad SMARTS) is 1. The van der Waals surface area contributed by atoms with E-state index in [0.29, 0.717) is 102 Å². The van der Waals surface area contributed by atoms with Gasteiger partial charge >= 0.3 is 11.9 Å². The van der Waals surface area contributed by atoms with E-state index in [1.54, 1.807) is 31.2 Å². The van der Waals surface area contributed by atoms with Crippen molar-refractivity contribution in [2.75, 3.05) is 97.7 Å². The molecule has 1 unspecified atom stereocenters. The number of nitrogens with two attached hydrogens (primary N) is 1. The van der Waals surface area contributed by atoms with E-state index < -0.39 is 60.1 Å². The number of rotatable bonds is 35. The third-order valence-corrected chi connectivity index (χ3v) is 12.6. The first-order chi connectivity index (χ1) is 37.7. The number of phenolic OH excluding ortho intramolecular Hbond substituents is 2. The van der Waals surface area contributed by atoms with Crippen LogP contribution in [0.5, 0.6) is 23.0 Å². The van der Waals surface area contributed by atoms with E-state index in [2.05, 4.69) is 22.4 Å². The van der Waals surface area contributed by atoms with Crippen molar-refractivity contribution < 1.29 is 92.1 Å². The number of nitrogens with zero attached hydrogens (tertiary/aromatic N) is 2. The molecule has 10 N–H and O–H groups in total. The molecule has 3 aliphatic rings. The highest BCUT2D eigenvalue weighted by Crippen LogP contribution is 2.57. The fraction of sp³-hybridized carbons (Fsp3) is 0.509. The molecule has 0 bridgehead atoms. The van der Waals surface area contributed by atoms with E-state index in [9.17, 15) is 44.7 Å². The minimum Gasteiger partial charge on any atom is -0.508 e. The fourth-order valence-electron chi connectivity index (χ4n) is 8.84. The lowest BCUT2D eigenvalue weighted by Gasteiger charge is -2.38. The number of allylic oxidation sites excluding steroid dienone is 2. The number of carboxylic acids is 1. The molecule has 25 heteroatoms. The average Bonchev–Trinajstić information content (AvgIpc) is 3.77. The number of benzene rings is 3. The Balaban J connectivity index is 1.04. The number of aliphatic carboxylic acids is 1. The van der Waals surface area contributed by atoms with Crippen LogP contribution in [0.25, 0.3) is 0 Å². The summed E-state index contributed by atoms with van der Waals surface area (Å²) in [5, 5.41) is 61.8. The second-order valence-corrected chi connectivity index (χ2v) is 18.1. The molecule has 6 atom stereocenters. The lowest BCUT2D eigenvalue weighted by atomic mass is 9.77. The van der Waals surface area contributed by atoms with Crippen molar-refractivity contribution in [2.45, 2.75) is 81.3 Å². The Hall–Kier alpha value is -6.78. The smallest absolute Gasteiger partial charge is 0.340 e. The summed E-state index contributed by atoms with van der Waals surface area (Å²) in [6.45, 7) is 10.7. The summed E-state index contributed by atoms with van der Waals surface area (Å²) in [5.74, 6) is -3.04. The number of carbonyl (C=O) groups excluding carboxylic acids is 3. The lowest BCUT2D eigenvalue weighted by molar-refractivity contribution is -0.255. The molecule has 6 rings (SSSR count). The number of unbranched alkanes of at least 4 members (excludes halogenated alkanes) is 1. The van der Waals surface area contributed by atoms with Gasteiger partial charge in [-0.15, -0.1) is 0 Å². The van der Waals surface area contributed by atoms with Gasteiger partial charge in [0.05, 0.1) is 91.0 Å². The molecular formula is C53H70N6O19. The fourth-order valence-corrected chi connectivity index (χ4v) is 8.84. The van der Waals surface area contributed by atoms with Gasteiger partial charge < -0.3 is 89.3 Å². The van der Waals surface area contributed by atoms with Crippen LogP contribution in [0.1, 0.15) is 66.1 Å². The molecule has 1 spiro atoms. The second kappa shape index (κ2) is 30.4. The van der Waals surface area contributed by atoms with E-state index in [0.717, 1.165) is 5.01 Å². The van der Waals surface area contributed by atoms with E-state index in [-0.39, 0.29) is 84.9 Å². The van der Waals surface area contributed by atoms with E-state index in [1.807, 2.05) is 0 Å². The van der Waals surface area contributed by atoms with Crippen molar-refractivity contribution in [3.8, 4) is 23.0 Å². The average molecular weight is 1100 g/mol. The van der Waals surface area contributed by atoms with E-state index in [1.165, 1.54) is 42.5 Å². The molecule has 3 aliphatic heterocycles. The second-order valence-electron chi connectivity index (χ2n) is 18.1. The number of carbonyl (C=O) groups is 4. The highest BCUT2D eigenvalue weighted by atomic mass is 16.7. The van der Waals surface area contributed by atoms with Gasteiger partial charge in [-0.3, -0.25) is 14.6 Å². The lowest BCUT2D eigenvalue weighted by Crippen LogP contribution is -2.52. The summed E-state index contributed by atoms with van der Waals surface area (Å²) in [6, 6.07) is 11.0. The van der Waals surface area contributed by atoms with Crippen LogP contribution in [-0.2, 0) is 62.6 Å². The largest absolute Gasteiger partial charge is 0.508 e. The van der Waals surface area contributed by atoms with Crippen LogP contribution in [0.4, 0.5) is 5.69 Å². The van der Waals surface area contributed by atoms with Crippen molar-refractivity contribution in [2.24, 2.45) is 11.0 Å². The number of aliphatic hydroxyl groups excluding tert-OH is 2. The zero-order valence-electron chi connectivity index (χ0n) is 43.4. The van der Waals surface area contributed by atoms with Crippen LogP contribution < -0.4 is 21.1 Å². The zero-order chi connectivity index (χ0) is 56.0. The van der Waals surface area contributed by atoms with Crippen LogP contribution in [0.3, 0.4) is 0 Å². The third kappa shape index (κ3) is 16.2. The Bertz CT molecular complexity index is 2480. The summed E-state index contributed by atoms with van der Waals surface area (Å²) >= 11 is 0. The molecule has 1 saturated heterocycles. The van der Waals surface area contributed by atoms with Gasteiger partial charge in [0.1, 0.15) is 46.9 Å². The summed E-state index contributed by atoms with van der Waals surface area (Å²) in [4.78, 5) is 53.0. The molecule has 3 aromatic carbocycles. The SMILES string of the molecule is C=CC=C(O[C@@H]1O[C@H](C(=O)O)[C@@H](O)C[C@H]1O)[C@@H](C)N(N=N)C(CCCCNC(=O)CCOCCOCCOCCOCCOCCOCCN)C(=O)Nc1ccc2c(c1)C(=O)OC21c2ccc(O)cc2Oc2cc(O)ccc21. The van der Waals surface area contributed by atoms with Gasteiger partial charge in [0.25, 0.3) is 0 Å². The maximum atomic E-state index is 14.6. The molecule has 1 fully saturated rings. The topological polar surface area (TPSA) is 351 Å². The first kappa shape index (κ1) is 60.4. The number of nitrogens with one attached hydrogen (secondary N) is 3. The summed E-state index contributed by atoms with van der Waals surface area (Å²) in [5.41, 5.74) is 13.6. The molecule has 0 aromatic heterocycles. The summed E-state index contributed by atoms with van der Waals surface area (Å²) in [6.07, 6.45) is -3.12. The number of hydrogen-bond acceptors (Lipinski definition) is 21. The van der Waals surface area contributed by atoms with Gasteiger partial charge in [-0.05, 0) is 68.7 Å². The van der Waals surface area contributed by atoms with Crippen LogP contribution in [-0.4, -0.2) is 183 Å². The van der Waals surface area contributed by atoms with Gasteiger partial charge in [0.15, 0.2) is 11.7 Å². The number of ether oxygens (including phenoxy) is 10. The zero-order valence-corrected chi connectivity index (χ0v) is 43.4. The van der Waals surface area contributed by atoms with Gasteiger partial charge in [-0.25, -0.2) is 9.59 Å². The molecule has 3 heterocycles. The predicted octanol–water partition coefficient (Wildman–Crippen LogP) is 3.35. The van der Waals surface area contributed by atoms with Crippen molar-refractivity contribution in [1.82, 2.24) is 10.3 Å². The minimum atomic E-state index is -1.72. The summed E-state index contributed by atoms with van der Waals surface area (Å²) < 4.78 is 56.2. The molecular weight excluding hydrogens is 1020 g/mol. The van der Waals surface area contributed by atoms with Crippen LogP contribution in [0.2, 0.25) is 0 Å². The number of aliphatic hydroxyl groups is 2.